The van der Waals surface area contributed by atoms with E-state index < -0.39 is 10.0 Å². The molecule has 2 aromatic rings. The number of nitrogens with one attached hydrogen (secondary N) is 1. The van der Waals surface area contributed by atoms with Crippen molar-refractivity contribution in [1.82, 2.24) is 14.9 Å². The molecule has 0 unspecified atom stereocenters. The van der Waals surface area contributed by atoms with E-state index in [0.29, 0.717) is 25.3 Å². The lowest BCUT2D eigenvalue weighted by Gasteiger charge is -2.24. The zero-order chi connectivity index (χ0) is 19.9. The first-order valence-corrected chi connectivity index (χ1v) is 9.82. The lowest BCUT2D eigenvalue weighted by Crippen LogP contribution is -2.39. The quantitative estimate of drug-likeness (QED) is 0.499. The molecule has 8 nitrogen and oxygen atoms in total. The van der Waals surface area contributed by atoms with E-state index in [4.69, 9.17) is 5.84 Å². The van der Waals surface area contributed by atoms with Crippen LogP contribution < -0.4 is 10.6 Å². The number of hydrogen-bond donors (Lipinski definition) is 2. The molecule has 144 valence electrons. The van der Waals surface area contributed by atoms with Gasteiger partial charge >= 0.3 is 0 Å². The number of pyridine rings is 1. The average Bonchev–Trinajstić information content (AvgIpc) is 2.68. The third-order valence-electron chi connectivity index (χ3n) is 3.85. The number of hydrazine groups is 1. The Kier molecular flexibility index (Phi) is 6.91. The third kappa shape index (κ3) is 5.28. The molecular weight excluding hydrogens is 366 g/mol. The summed E-state index contributed by atoms with van der Waals surface area (Å²) in [7, 11) is -3.96. The number of carbonyl (C=O) groups excluding carboxylic acids is 1. The Morgan fingerprint density at radius 2 is 2.00 bits per heavy atom. The number of nitrogens with two attached hydrogens (primary N) is 1. The van der Waals surface area contributed by atoms with E-state index >= 15 is 0 Å². The molecule has 0 saturated heterocycles. The molecule has 2 rings (SSSR count). The molecule has 0 aliphatic heterocycles. The van der Waals surface area contributed by atoms with Crippen molar-refractivity contribution in [2.45, 2.75) is 11.8 Å². The summed E-state index contributed by atoms with van der Waals surface area (Å²) < 4.78 is 28.0. The summed E-state index contributed by atoms with van der Waals surface area (Å²) in [6, 6.07) is 9.30. The minimum absolute atomic E-state index is 0.0920. The summed E-state index contributed by atoms with van der Waals surface area (Å²) in [5, 5.41) is 1.36. The van der Waals surface area contributed by atoms with Crippen LogP contribution in [0.5, 0.6) is 0 Å². The topological polar surface area (TPSA) is 109 Å². The van der Waals surface area contributed by atoms with Crippen molar-refractivity contribution in [3.05, 3.63) is 67.1 Å². The van der Waals surface area contributed by atoms with Gasteiger partial charge in [0.1, 0.15) is 4.90 Å². The molecule has 0 saturated carbocycles. The first-order valence-electron chi connectivity index (χ1n) is 8.34. The van der Waals surface area contributed by atoms with E-state index in [1.807, 2.05) is 6.92 Å². The van der Waals surface area contributed by atoms with Gasteiger partial charge in [-0.05, 0) is 31.2 Å². The summed E-state index contributed by atoms with van der Waals surface area (Å²) >= 11 is 0. The minimum Gasteiger partial charge on any atom is -0.337 e. The predicted octanol–water partition coefficient (Wildman–Crippen LogP) is 1.66. The van der Waals surface area contributed by atoms with Crippen LogP contribution in [0.4, 0.5) is 5.69 Å². The Morgan fingerprint density at radius 3 is 2.63 bits per heavy atom. The van der Waals surface area contributed by atoms with Gasteiger partial charge in [-0.3, -0.25) is 14.5 Å². The number of carbonyl (C=O) groups is 1. The molecule has 1 aromatic heterocycles. The van der Waals surface area contributed by atoms with Crippen LogP contribution in [0.1, 0.15) is 17.3 Å². The van der Waals surface area contributed by atoms with Crippen molar-refractivity contribution in [3.8, 4) is 0 Å². The van der Waals surface area contributed by atoms with E-state index in [2.05, 4.69) is 16.3 Å². The Labute approximate surface area is 159 Å². The zero-order valence-corrected chi connectivity index (χ0v) is 15.9. The van der Waals surface area contributed by atoms with E-state index in [0.717, 1.165) is 0 Å². The highest BCUT2D eigenvalue weighted by Gasteiger charge is 2.25. The first kappa shape index (κ1) is 20.4. The average molecular weight is 389 g/mol. The lowest BCUT2D eigenvalue weighted by molar-refractivity contribution is 0.0749. The van der Waals surface area contributed by atoms with E-state index in [1.165, 1.54) is 34.4 Å². The summed E-state index contributed by atoms with van der Waals surface area (Å²) in [4.78, 5) is 18.3. The highest BCUT2D eigenvalue weighted by molar-refractivity contribution is 7.92. The SMILES string of the molecule is C=CN(N)CCN(CC)C(=O)c1ccccc1S(=O)(=O)Nc1cccnc1. The van der Waals surface area contributed by atoms with Crippen molar-refractivity contribution >= 4 is 21.6 Å². The Balaban J connectivity index is 2.30. The number of hydrogen-bond acceptors (Lipinski definition) is 6. The second-order valence-electron chi connectivity index (χ2n) is 5.65. The Bertz CT molecular complexity index is 887. The van der Waals surface area contributed by atoms with Crippen molar-refractivity contribution in [1.29, 1.82) is 0 Å². The molecule has 0 atom stereocenters. The van der Waals surface area contributed by atoms with Gasteiger partial charge in [0.05, 0.1) is 24.0 Å². The van der Waals surface area contributed by atoms with Crippen molar-refractivity contribution < 1.29 is 13.2 Å². The summed E-state index contributed by atoms with van der Waals surface area (Å²) in [6.45, 7) is 6.50. The molecule has 0 aliphatic carbocycles. The highest BCUT2D eigenvalue weighted by Crippen LogP contribution is 2.20. The molecule has 3 N–H and O–H groups in total. The van der Waals surface area contributed by atoms with Gasteiger partial charge in [0.15, 0.2) is 0 Å². The number of aromatic nitrogens is 1. The fourth-order valence-electron chi connectivity index (χ4n) is 2.41. The first-order chi connectivity index (χ1) is 12.9. The second kappa shape index (κ2) is 9.15. The van der Waals surface area contributed by atoms with Crippen LogP contribution >= 0.6 is 0 Å². The van der Waals surface area contributed by atoms with Gasteiger partial charge in [-0.1, -0.05) is 18.7 Å². The summed E-state index contributed by atoms with van der Waals surface area (Å²) in [6.07, 6.45) is 4.39. The minimum atomic E-state index is -3.96. The summed E-state index contributed by atoms with van der Waals surface area (Å²) in [5.41, 5.74) is 0.412. The fraction of sp³-hybridized carbons (Fsp3) is 0.222. The molecule has 1 aromatic carbocycles. The van der Waals surface area contributed by atoms with Gasteiger partial charge < -0.3 is 9.91 Å². The molecule has 1 heterocycles. The maximum absolute atomic E-state index is 12.9. The number of benzene rings is 1. The molecule has 0 fully saturated rings. The number of sulfonamides is 1. The molecule has 27 heavy (non-hydrogen) atoms. The van der Waals surface area contributed by atoms with Gasteiger partial charge in [-0.2, -0.15) is 0 Å². The fourth-order valence-corrected chi connectivity index (χ4v) is 3.66. The van der Waals surface area contributed by atoms with E-state index in [1.54, 1.807) is 30.5 Å². The van der Waals surface area contributed by atoms with Gasteiger partial charge in [-0.15, -0.1) is 0 Å². The molecule has 1 amide bonds. The zero-order valence-electron chi connectivity index (χ0n) is 15.1. The number of likely N-dealkylation sites (N-methyl/N-ethyl adjacent to an activating group) is 1. The monoisotopic (exact) mass is 389 g/mol. The number of rotatable bonds is 9. The van der Waals surface area contributed by atoms with Crippen molar-refractivity contribution in [2.24, 2.45) is 5.84 Å². The van der Waals surface area contributed by atoms with E-state index in [-0.39, 0.29) is 16.4 Å². The molecule has 9 heteroatoms. The van der Waals surface area contributed by atoms with Gasteiger partial charge in [-0.25, -0.2) is 14.3 Å². The van der Waals surface area contributed by atoms with Crippen molar-refractivity contribution in [3.63, 3.8) is 0 Å². The van der Waals surface area contributed by atoms with Gasteiger partial charge in [0.2, 0.25) is 0 Å². The van der Waals surface area contributed by atoms with Crippen LogP contribution in [0, 0.1) is 0 Å². The van der Waals surface area contributed by atoms with Gasteiger partial charge in [0.25, 0.3) is 15.9 Å². The standard InChI is InChI=1S/C18H23N5O3S/c1-3-22(12-13-23(19)4-2)18(24)16-9-5-6-10-17(16)27(25,26)21-15-8-7-11-20-14-15/h4-11,14,21H,2-3,12-13,19H2,1H3. The summed E-state index contributed by atoms with van der Waals surface area (Å²) in [5.74, 6) is 5.28. The molecule has 0 bridgehead atoms. The molecule has 0 aliphatic rings. The van der Waals surface area contributed by atoms with Crippen LogP contribution in [-0.2, 0) is 10.0 Å². The Morgan fingerprint density at radius 1 is 1.26 bits per heavy atom. The second-order valence-corrected chi connectivity index (χ2v) is 7.30. The number of amides is 1. The number of nitrogens with zero attached hydrogens (tertiary/aromatic N) is 3. The largest absolute Gasteiger partial charge is 0.337 e. The third-order valence-corrected chi connectivity index (χ3v) is 5.29. The van der Waals surface area contributed by atoms with Crippen LogP contribution in [0.15, 0.2) is 66.5 Å². The van der Waals surface area contributed by atoms with Crippen LogP contribution in [0.3, 0.4) is 0 Å². The van der Waals surface area contributed by atoms with Gasteiger partial charge in [0, 0.05) is 25.5 Å². The predicted molar refractivity (Wildman–Crippen MR) is 104 cm³/mol. The van der Waals surface area contributed by atoms with Crippen LogP contribution in [0.25, 0.3) is 0 Å². The maximum atomic E-state index is 12.9. The van der Waals surface area contributed by atoms with Crippen LogP contribution in [0.2, 0.25) is 0 Å². The maximum Gasteiger partial charge on any atom is 0.262 e. The Hall–Kier alpha value is -2.91. The van der Waals surface area contributed by atoms with Crippen LogP contribution in [-0.4, -0.2) is 48.9 Å². The normalized spacial score (nSPS) is 10.9. The molecular formula is C18H23N5O3S. The lowest BCUT2D eigenvalue weighted by atomic mass is 10.2. The number of anilines is 1. The smallest absolute Gasteiger partial charge is 0.262 e. The highest BCUT2D eigenvalue weighted by atomic mass is 32.2. The van der Waals surface area contributed by atoms with Crippen molar-refractivity contribution in [2.75, 3.05) is 24.4 Å². The molecule has 0 spiro atoms. The van der Waals surface area contributed by atoms with E-state index in [9.17, 15) is 13.2 Å². The molecule has 0 radical (unpaired) electrons.